The lowest BCUT2D eigenvalue weighted by Crippen LogP contribution is -2.65. The first kappa shape index (κ1) is 14.3. The fourth-order valence-electron chi connectivity index (χ4n) is 3.18. The lowest BCUT2D eigenvalue weighted by Gasteiger charge is -2.53. The summed E-state index contributed by atoms with van der Waals surface area (Å²) in [7, 11) is 1.84. The highest BCUT2D eigenvalue weighted by Crippen LogP contribution is 2.29. The molecule has 0 N–H and O–H groups in total. The predicted octanol–water partition coefficient (Wildman–Crippen LogP) is 2.22. The van der Waals surface area contributed by atoms with Gasteiger partial charge in [0.1, 0.15) is 0 Å². The van der Waals surface area contributed by atoms with E-state index in [1.807, 2.05) is 7.11 Å². The smallest absolute Gasteiger partial charge is 0.0572 e. The van der Waals surface area contributed by atoms with E-state index in [0.717, 1.165) is 12.0 Å². The van der Waals surface area contributed by atoms with Gasteiger partial charge in [0.15, 0.2) is 0 Å². The number of nitrogens with zero attached hydrogens (tertiary/aromatic N) is 2. The summed E-state index contributed by atoms with van der Waals surface area (Å²) in [6.45, 7) is 14.2. The Morgan fingerprint density at radius 3 is 2.11 bits per heavy atom. The number of piperidine rings is 1. The minimum Gasteiger partial charge on any atom is -0.381 e. The first-order valence-electron chi connectivity index (χ1n) is 7.43. The highest BCUT2D eigenvalue weighted by molar-refractivity contribution is 4.95. The van der Waals surface area contributed by atoms with Crippen LogP contribution in [0.15, 0.2) is 0 Å². The third kappa shape index (κ3) is 3.06. The third-order valence-corrected chi connectivity index (χ3v) is 4.94. The summed E-state index contributed by atoms with van der Waals surface area (Å²) in [4.78, 5) is 5.28. The maximum atomic E-state index is 5.46. The zero-order chi connectivity index (χ0) is 13.3. The highest BCUT2D eigenvalue weighted by Gasteiger charge is 2.38. The molecule has 0 aromatic heterocycles. The molecule has 0 aromatic rings. The number of rotatable bonds is 3. The van der Waals surface area contributed by atoms with Crippen LogP contribution in [0, 0.1) is 5.92 Å². The second-order valence-corrected chi connectivity index (χ2v) is 7.04. The molecule has 3 heteroatoms. The predicted molar refractivity (Wildman–Crippen MR) is 75.9 cm³/mol. The van der Waals surface area contributed by atoms with Gasteiger partial charge in [-0.25, -0.2) is 0 Å². The van der Waals surface area contributed by atoms with E-state index in [9.17, 15) is 0 Å². The van der Waals surface area contributed by atoms with Crippen LogP contribution in [-0.4, -0.2) is 60.8 Å². The van der Waals surface area contributed by atoms with Crippen molar-refractivity contribution in [3.63, 3.8) is 0 Å². The number of ether oxygens (including phenoxy) is 1. The molecule has 2 aliphatic rings. The SMILES string of the molecule is COC(C)C1CCN(C2CN(C(C)(C)C)C2)CC1. The summed E-state index contributed by atoms with van der Waals surface area (Å²) in [5.74, 6) is 0.769. The number of likely N-dealkylation sites (tertiary alicyclic amines) is 2. The fraction of sp³-hybridized carbons (Fsp3) is 1.00. The summed E-state index contributed by atoms with van der Waals surface area (Å²) in [6.07, 6.45) is 3.04. The molecule has 2 saturated heterocycles. The molecule has 0 spiro atoms. The van der Waals surface area contributed by atoms with Gasteiger partial charge in [-0.05, 0) is 59.5 Å². The van der Waals surface area contributed by atoms with E-state index in [1.165, 1.54) is 39.0 Å². The quantitative estimate of drug-likeness (QED) is 0.768. The summed E-state index contributed by atoms with van der Waals surface area (Å²) < 4.78 is 5.46. The Bertz CT molecular complexity index is 260. The van der Waals surface area contributed by atoms with Gasteiger partial charge in [-0.1, -0.05) is 0 Å². The van der Waals surface area contributed by atoms with Crippen LogP contribution < -0.4 is 0 Å². The van der Waals surface area contributed by atoms with E-state index in [0.29, 0.717) is 11.6 Å². The van der Waals surface area contributed by atoms with E-state index >= 15 is 0 Å². The van der Waals surface area contributed by atoms with Gasteiger partial charge in [0.05, 0.1) is 6.10 Å². The van der Waals surface area contributed by atoms with Gasteiger partial charge in [0.25, 0.3) is 0 Å². The molecular formula is C15H30N2O. The van der Waals surface area contributed by atoms with Crippen LogP contribution in [0.2, 0.25) is 0 Å². The molecule has 0 aromatic carbocycles. The van der Waals surface area contributed by atoms with Crippen LogP contribution in [0.4, 0.5) is 0 Å². The molecule has 1 unspecified atom stereocenters. The maximum Gasteiger partial charge on any atom is 0.0572 e. The molecule has 0 amide bonds. The summed E-state index contributed by atoms with van der Waals surface area (Å²) in [6, 6.07) is 0.808. The number of hydrogen-bond acceptors (Lipinski definition) is 3. The van der Waals surface area contributed by atoms with E-state index in [1.54, 1.807) is 0 Å². The Hall–Kier alpha value is -0.120. The van der Waals surface area contributed by atoms with Crippen LogP contribution in [-0.2, 0) is 4.74 Å². The van der Waals surface area contributed by atoms with Crippen molar-refractivity contribution in [2.24, 2.45) is 5.92 Å². The molecule has 0 radical (unpaired) electrons. The second kappa shape index (κ2) is 5.48. The van der Waals surface area contributed by atoms with Gasteiger partial charge in [-0.15, -0.1) is 0 Å². The lowest BCUT2D eigenvalue weighted by atomic mass is 9.89. The van der Waals surface area contributed by atoms with Gasteiger partial charge < -0.3 is 4.74 Å². The molecule has 2 heterocycles. The molecule has 18 heavy (non-hydrogen) atoms. The fourth-order valence-corrected chi connectivity index (χ4v) is 3.18. The zero-order valence-corrected chi connectivity index (χ0v) is 12.8. The Kier molecular flexibility index (Phi) is 4.35. The Balaban J connectivity index is 1.72. The monoisotopic (exact) mass is 254 g/mol. The minimum absolute atomic E-state index is 0.347. The zero-order valence-electron chi connectivity index (χ0n) is 12.8. The molecule has 0 aliphatic carbocycles. The second-order valence-electron chi connectivity index (χ2n) is 7.04. The van der Waals surface area contributed by atoms with Gasteiger partial charge in [-0.2, -0.15) is 0 Å². The first-order chi connectivity index (χ1) is 8.41. The molecule has 2 rings (SSSR count). The van der Waals surface area contributed by atoms with Crippen LogP contribution in [0.5, 0.6) is 0 Å². The van der Waals surface area contributed by atoms with Crippen LogP contribution >= 0.6 is 0 Å². The highest BCUT2D eigenvalue weighted by atomic mass is 16.5. The van der Waals surface area contributed by atoms with Crippen molar-refractivity contribution in [1.82, 2.24) is 9.80 Å². The molecule has 0 saturated carbocycles. The van der Waals surface area contributed by atoms with Crippen molar-refractivity contribution in [3.8, 4) is 0 Å². The average molecular weight is 254 g/mol. The third-order valence-electron chi connectivity index (χ3n) is 4.94. The van der Waals surface area contributed by atoms with Gasteiger partial charge in [-0.3, -0.25) is 9.80 Å². The van der Waals surface area contributed by atoms with Crippen molar-refractivity contribution in [2.75, 3.05) is 33.3 Å². The van der Waals surface area contributed by atoms with Crippen LogP contribution in [0.1, 0.15) is 40.5 Å². The summed E-state index contributed by atoms with van der Waals surface area (Å²) in [5, 5.41) is 0. The average Bonchev–Trinajstić information content (AvgIpc) is 2.25. The molecule has 0 bridgehead atoms. The topological polar surface area (TPSA) is 15.7 Å². The van der Waals surface area contributed by atoms with Crippen molar-refractivity contribution in [1.29, 1.82) is 0 Å². The van der Waals surface area contributed by atoms with Crippen molar-refractivity contribution < 1.29 is 4.74 Å². The molecule has 3 nitrogen and oxygen atoms in total. The maximum absolute atomic E-state index is 5.46. The number of hydrogen-bond donors (Lipinski definition) is 0. The van der Waals surface area contributed by atoms with Gasteiger partial charge >= 0.3 is 0 Å². The first-order valence-corrected chi connectivity index (χ1v) is 7.43. The normalized spacial score (nSPS) is 27.2. The Morgan fingerprint density at radius 2 is 1.67 bits per heavy atom. The minimum atomic E-state index is 0.347. The van der Waals surface area contributed by atoms with Gasteiger partial charge in [0, 0.05) is 31.8 Å². The Morgan fingerprint density at radius 1 is 1.11 bits per heavy atom. The Labute approximate surface area is 112 Å². The summed E-state index contributed by atoms with van der Waals surface area (Å²) in [5.41, 5.74) is 0.347. The van der Waals surface area contributed by atoms with Crippen molar-refractivity contribution in [3.05, 3.63) is 0 Å². The van der Waals surface area contributed by atoms with E-state index in [-0.39, 0.29) is 0 Å². The molecular weight excluding hydrogens is 224 g/mol. The lowest BCUT2D eigenvalue weighted by molar-refractivity contribution is -0.0442. The molecule has 2 fully saturated rings. The molecule has 106 valence electrons. The van der Waals surface area contributed by atoms with Crippen LogP contribution in [0.3, 0.4) is 0 Å². The van der Waals surface area contributed by atoms with Crippen molar-refractivity contribution >= 4 is 0 Å². The van der Waals surface area contributed by atoms with Crippen molar-refractivity contribution in [2.45, 2.75) is 58.2 Å². The number of methoxy groups -OCH3 is 1. The van der Waals surface area contributed by atoms with E-state index in [2.05, 4.69) is 37.5 Å². The largest absolute Gasteiger partial charge is 0.381 e. The standard InChI is InChI=1S/C15H30N2O/c1-12(18-5)13-6-8-16(9-7-13)14-10-17(11-14)15(2,3)4/h12-14H,6-11H2,1-5H3. The van der Waals surface area contributed by atoms with Crippen LogP contribution in [0.25, 0.3) is 0 Å². The summed E-state index contributed by atoms with van der Waals surface area (Å²) >= 11 is 0. The van der Waals surface area contributed by atoms with E-state index < -0.39 is 0 Å². The van der Waals surface area contributed by atoms with Gasteiger partial charge in [0.2, 0.25) is 0 Å². The molecule has 2 aliphatic heterocycles. The molecule has 1 atom stereocenters. The van der Waals surface area contributed by atoms with E-state index in [4.69, 9.17) is 4.74 Å².